The van der Waals surface area contributed by atoms with Crippen molar-refractivity contribution in [3.63, 3.8) is 0 Å². The maximum atomic E-state index is 11.8. The van der Waals surface area contributed by atoms with Crippen molar-refractivity contribution in [3.05, 3.63) is 64.7 Å². The van der Waals surface area contributed by atoms with Crippen molar-refractivity contribution in [2.24, 2.45) is 0 Å². The molecule has 0 aliphatic heterocycles. The average Bonchev–Trinajstić information content (AvgIpc) is 2.43. The number of rotatable bonds is 5. The monoisotopic (exact) mass is 283 g/mol. The van der Waals surface area contributed by atoms with E-state index >= 15 is 0 Å². The van der Waals surface area contributed by atoms with E-state index < -0.39 is 0 Å². The Labute approximate surface area is 126 Å². The first-order valence-electron chi connectivity index (χ1n) is 7.07. The van der Waals surface area contributed by atoms with Gasteiger partial charge < -0.3 is 10.1 Å². The molecular formula is C18H21NO2. The van der Waals surface area contributed by atoms with Gasteiger partial charge in [0.1, 0.15) is 5.75 Å². The van der Waals surface area contributed by atoms with E-state index in [4.69, 9.17) is 4.74 Å². The summed E-state index contributed by atoms with van der Waals surface area (Å²) in [6, 6.07) is 14.0. The standard InChI is InChI=1S/C18H21NO2/c1-13-8-14(2)10-17(9-13)21-12-18(20)19-11-16-7-5-4-6-15(16)3/h4-10H,11-12H2,1-3H3,(H,19,20). The third-order valence-corrected chi connectivity index (χ3v) is 3.30. The fourth-order valence-electron chi connectivity index (χ4n) is 2.22. The van der Waals surface area contributed by atoms with Gasteiger partial charge in [0.15, 0.2) is 6.61 Å². The molecule has 1 N–H and O–H groups in total. The Hall–Kier alpha value is -2.29. The highest BCUT2D eigenvalue weighted by Gasteiger charge is 2.04. The van der Waals surface area contributed by atoms with Gasteiger partial charge in [-0.05, 0) is 55.2 Å². The maximum Gasteiger partial charge on any atom is 0.258 e. The largest absolute Gasteiger partial charge is 0.484 e. The van der Waals surface area contributed by atoms with Gasteiger partial charge in [0.2, 0.25) is 0 Å². The van der Waals surface area contributed by atoms with E-state index in [1.165, 1.54) is 5.56 Å². The summed E-state index contributed by atoms with van der Waals surface area (Å²) in [6.07, 6.45) is 0. The summed E-state index contributed by atoms with van der Waals surface area (Å²) >= 11 is 0. The summed E-state index contributed by atoms with van der Waals surface area (Å²) < 4.78 is 5.54. The minimum Gasteiger partial charge on any atom is -0.484 e. The van der Waals surface area contributed by atoms with E-state index in [9.17, 15) is 4.79 Å². The predicted octanol–water partition coefficient (Wildman–Crippen LogP) is 3.31. The number of ether oxygens (including phenoxy) is 1. The SMILES string of the molecule is Cc1cc(C)cc(OCC(=O)NCc2ccccc2C)c1. The van der Waals surface area contributed by atoms with Crippen molar-refractivity contribution < 1.29 is 9.53 Å². The highest BCUT2D eigenvalue weighted by Crippen LogP contribution is 2.16. The Balaban J connectivity index is 1.84. The third kappa shape index (κ3) is 4.63. The second-order valence-corrected chi connectivity index (χ2v) is 5.32. The van der Waals surface area contributed by atoms with Crippen molar-refractivity contribution in [3.8, 4) is 5.75 Å². The molecule has 0 aromatic heterocycles. The number of benzene rings is 2. The number of nitrogens with one attached hydrogen (secondary N) is 1. The predicted molar refractivity (Wildman–Crippen MR) is 84.4 cm³/mol. The maximum absolute atomic E-state index is 11.8. The summed E-state index contributed by atoms with van der Waals surface area (Å²) in [5, 5.41) is 2.88. The molecule has 2 aromatic carbocycles. The number of hydrogen-bond donors (Lipinski definition) is 1. The molecule has 0 spiro atoms. The minimum atomic E-state index is -0.114. The number of hydrogen-bond acceptors (Lipinski definition) is 2. The molecular weight excluding hydrogens is 262 g/mol. The zero-order valence-electron chi connectivity index (χ0n) is 12.8. The van der Waals surface area contributed by atoms with E-state index in [0.717, 1.165) is 22.4 Å². The minimum absolute atomic E-state index is 0.0365. The summed E-state index contributed by atoms with van der Waals surface area (Å²) in [5.74, 6) is 0.621. The first-order chi connectivity index (χ1) is 10.0. The Morgan fingerprint density at radius 1 is 1.05 bits per heavy atom. The molecule has 0 fully saturated rings. The molecule has 0 atom stereocenters. The molecule has 0 saturated carbocycles. The van der Waals surface area contributed by atoms with Crippen molar-refractivity contribution in [1.29, 1.82) is 0 Å². The molecule has 3 nitrogen and oxygen atoms in total. The van der Waals surface area contributed by atoms with Gasteiger partial charge in [-0.25, -0.2) is 0 Å². The van der Waals surface area contributed by atoms with Crippen LogP contribution in [0.5, 0.6) is 5.75 Å². The van der Waals surface area contributed by atoms with Gasteiger partial charge in [0.25, 0.3) is 5.91 Å². The lowest BCUT2D eigenvalue weighted by Crippen LogP contribution is -2.28. The molecule has 0 saturated heterocycles. The molecule has 1 amide bonds. The van der Waals surface area contributed by atoms with Crippen LogP contribution in [0.2, 0.25) is 0 Å². The molecule has 110 valence electrons. The average molecular weight is 283 g/mol. The topological polar surface area (TPSA) is 38.3 Å². The molecule has 0 unspecified atom stereocenters. The number of aryl methyl sites for hydroxylation is 3. The van der Waals surface area contributed by atoms with E-state index in [-0.39, 0.29) is 12.5 Å². The van der Waals surface area contributed by atoms with Crippen LogP contribution in [0.4, 0.5) is 0 Å². The highest BCUT2D eigenvalue weighted by atomic mass is 16.5. The zero-order chi connectivity index (χ0) is 15.2. The molecule has 3 heteroatoms. The lowest BCUT2D eigenvalue weighted by atomic mass is 10.1. The quantitative estimate of drug-likeness (QED) is 0.914. The van der Waals surface area contributed by atoms with Crippen LogP contribution in [0.1, 0.15) is 22.3 Å². The normalized spacial score (nSPS) is 10.2. The van der Waals surface area contributed by atoms with Crippen LogP contribution in [-0.2, 0) is 11.3 Å². The Morgan fingerprint density at radius 2 is 1.71 bits per heavy atom. The van der Waals surface area contributed by atoms with Gasteiger partial charge in [0, 0.05) is 6.54 Å². The summed E-state index contributed by atoms with van der Waals surface area (Å²) in [6.45, 7) is 6.63. The Bertz CT molecular complexity index is 615. The fourth-order valence-corrected chi connectivity index (χ4v) is 2.22. The molecule has 0 radical (unpaired) electrons. The highest BCUT2D eigenvalue weighted by molar-refractivity contribution is 5.77. The van der Waals surface area contributed by atoms with Crippen LogP contribution in [0, 0.1) is 20.8 Å². The Kier molecular flexibility index (Phi) is 4.99. The summed E-state index contributed by atoms with van der Waals surface area (Å²) in [5.41, 5.74) is 4.56. The van der Waals surface area contributed by atoms with Crippen LogP contribution in [0.3, 0.4) is 0 Å². The van der Waals surface area contributed by atoms with Gasteiger partial charge >= 0.3 is 0 Å². The molecule has 0 heterocycles. The lowest BCUT2D eigenvalue weighted by molar-refractivity contribution is -0.123. The molecule has 21 heavy (non-hydrogen) atoms. The van der Waals surface area contributed by atoms with Gasteiger partial charge in [0.05, 0.1) is 0 Å². The fraction of sp³-hybridized carbons (Fsp3) is 0.278. The lowest BCUT2D eigenvalue weighted by Gasteiger charge is -2.10. The van der Waals surface area contributed by atoms with Gasteiger partial charge in [-0.2, -0.15) is 0 Å². The molecule has 0 aliphatic rings. The molecule has 0 aliphatic carbocycles. The van der Waals surface area contributed by atoms with E-state index in [1.54, 1.807) is 0 Å². The van der Waals surface area contributed by atoms with Crippen LogP contribution in [-0.4, -0.2) is 12.5 Å². The van der Waals surface area contributed by atoms with Crippen LogP contribution in [0.25, 0.3) is 0 Å². The summed E-state index contributed by atoms with van der Waals surface area (Å²) in [4.78, 5) is 11.8. The Morgan fingerprint density at radius 3 is 2.38 bits per heavy atom. The van der Waals surface area contributed by atoms with Crippen molar-refractivity contribution >= 4 is 5.91 Å². The second-order valence-electron chi connectivity index (χ2n) is 5.32. The second kappa shape index (κ2) is 6.93. The van der Waals surface area contributed by atoms with Gasteiger partial charge in [-0.15, -0.1) is 0 Å². The van der Waals surface area contributed by atoms with Crippen LogP contribution < -0.4 is 10.1 Å². The first kappa shape index (κ1) is 15.1. The van der Waals surface area contributed by atoms with Crippen molar-refractivity contribution in [2.75, 3.05) is 6.61 Å². The smallest absolute Gasteiger partial charge is 0.258 e. The van der Waals surface area contributed by atoms with E-state index in [0.29, 0.717) is 6.54 Å². The molecule has 2 aromatic rings. The first-order valence-corrected chi connectivity index (χ1v) is 7.07. The van der Waals surface area contributed by atoms with Crippen molar-refractivity contribution in [2.45, 2.75) is 27.3 Å². The summed E-state index contributed by atoms with van der Waals surface area (Å²) in [7, 11) is 0. The van der Waals surface area contributed by atoms with E-state index in [1.807, 2.05) is 57.2 Å². The number of amides is 1. The van der Waals surface area contributed by atoms with Gasteiger partial charge in [-0.3, -0.25) is 4.79 Å². The number of carbonyl (C=O) groups excluding carboxylic acids is 1. The van der Waals surface area contributed by atoms with Crippen molar-refractivity contribution in [1.82, 2.24) is 5.32 Å². The number of carbonyl (C=O) groups is 1. The zero-order valence-corrected chi connectivity index (χ0v) is 12.8. The van der Waals surface area contributed by atoms with Gasteiger partial charge in [-0.1, -0.05) is 30.3 Å². The van der Waals surface area contributed by atoms with Crippen LogP contribution in [0.15, 0.2) is 42.5 Å². The van der Waals surface area contributed by atoms with E-state index in [2.05, 4.69) is 11.4 Å². The third-order valence-electron chi connectivity index (χ3n) is 3.30. The van der Waals surface area contributed by atoms with Crippen LogP contribution >= 0.6 is 0 Å². The molecule has 2 rings (SSSR count). The molecule has 0 bridgehead atoms.